The van der Waals surface area contributed by atoms with Crippen molar-refractivity contribution in [1.82, 2.24) is 0 Å². The fourth-order valence-electron chi connectivity index (χ4n) is 1.64. The van der Waals surface area contributed by atoms with E-state index in [-0.39, 0.29) is 38.2 Å². The van der Waals surface area contributed by atoms with Gasteiger partial charge >= 0.3 is 11.9 Å². The number of nitrogens with zero attached hydrogens (tertiary/aromatic N) is 1. The van der Waals surface area contributed by atoms with Crippen LogP contribution in [0.2, 0.25) is 0 Å². The average Bonchev–Trinajstić information content (AvgIpc) is 2.39. The molecular formula is C11H21N5O5. The Hall–Kier alpha value is -2.20. The number of carbonyl (C=O) groups excluding carboxylic acids is 1. The number of rotatable bonds is 10. The van der Waals surface area contributed by atoms with Crippen LogP contribution in [0.1, 0.15) is 25.7 Å². The number of carboxylic acids is 2. The first-order chi connectivity index (χ1) is 9.61. The molecule has 0 aromatic carbocycles. The molecule has 0 aliphatic heterocycles. The van der Waals surface area contributed by atoms with Gasteiger partial charge in [-0.15, -0.1) is 0 Å². The molecule has 0 aliphatic rings. The smallest absolute Gasteiger partial charge is 0.331 e. The lowest BCUT2D eigenvalue weighted by molar-refractivity contribution is -0.149. The van der Waals surface area contributed by atoms with Gasteiger partial charge < -0.3 is 33.1 Å². The molecule has 0 fully saturated rings. The number of nitrogens with two attached hydrogens (primary N) is 4. The van der Waals surface area contributed by atoms with Gasteiger partial charge in [0.05, 0.1) is 6.04 Å². The lowest BCUT2D eigenvalue weighted by Gasteiger charge is -2.25. The molecule has 10 nitrogen and oxygen atoms in total. The highest BCUT2D eigenvalue weighted by Gasteiger charge is 2.43. The maximum absolute atomic E-state index is 12.0. The summed E-state index contributed by atoms with van der Waals surface area (Å²) < 4.78 is 0. The van der Waals surface area contributed by atoms with Gasteiger partial charge in [0.2, 0.25) is 0 Å². The van der Waals surface area contributed by atoms with E-state index < -0.39 is 29.3 Å². The first-order valence-corrected chi connectivity index (χ1v) is 6.20. The van der Waals surface area contributed by atoms with Gasteiger partial charge in [0.15, 0.2) is 17.3 Å². The highest BCUT2D eigenvalue weighted by atomic mass is 16.4. The number of aliphatic imine (C=N–C) groups is 1. The van der Waals surface area contributed by atoms with E-state index >= 15 is 0 Å². The third-order valence-electron chi connectivity index (χ3n) is 2.85. The Balaban J connectivity index is 4.76. The molecule has 2 atom stereocenters. The lowest BCUT2D eigenvalue weighted by Crippen LogP contribution is -2.60. The van der Waals surface area contributed by atoms with Crippen LogP contribution in [0.4, 0.5) is 0 Å². The molecule has 0 unspecified atom stereocenters. The highest BCUT2D eigenvalue weighted by Crippen LogP contribution is 2.15. The summed E-state index contributed by atoms with van der Waals surface area (Å²) in [6.07, 6.45) is -0.582. The summed E-state index contributed by atoms with van der Waals surface area (Å²) in [5.74, 6) is -3.73. The lowest BCUT2D eigenvalue weighted by atomic mass is 9.85. The molecule has 0 saturated heterocycles. The van der Waals surface area contributed by atoms with E-state index in [0.29, 0.717) is 0 Å². The van der Waals surface area contributed by atoms with Crippen LogP contribution < -0.4 is 22.9 Å². The fraction of sp³-hybridized carbons (Fsp3) is 0.636. The maximum atomic E-state index is 12.0. The molecule has 21 heavy (non-hydrogen) atoms. The van der Waals surface area contributed by atoms with Crippen molar-refractivity contribution in [2.24, 2.45) is 27.9 Å². The second-order valence-corrected chi connectivity index (χ2v) is 4.59. The van der Waals surface area contributed by atoms with E-state index in [2.05, 4.69) is 4.99 Å². The SMILES string of the molecule is NC(N)=NCCC[C@](N)(C(=O)O)C(=O)[C@@H](N)CCC(=O)O. The summed E-state index contributed by atoms with van der Waals surface area (Å²) >= 11 is 0. The van der Waals surface area contributed by atoms with E-state index in [1.807, 2.05) is 0 Å². The summed E-state index contributed by atoms with van der Waals surface area (Å²) in [6.45, 7) is 0.117. The summed E-state index contributed by atoms with van der Waals surface area (Å²) in [7, 11) is 0. The topological polar surface area (TPSA) is 208 Å². The number of hydrogen-bond donors (Lipinski definition) is 6. The van der Waals surface area contributed by atoms with Gasteiger partial charge in [-0.05, 0) is 19.3 Å². The van der Waals surface area contributed by atoms with Crippen LogP contribution in [0.3, 0.4) is 0 Å². The summed E-state index contributed by atoms with van der Waals surface area (Å²) in [6, 6.07) is -1.26. The standard InChI is InChI=1S/C11H21N5O5/c12-6(2-3-7(17)18)8(19)11(15,9(20)21)4-1-5-16-10(13)14/h6H,1-5,12,15H2,(H,17,18)(H,20,21)(H4,13,14,16)/t6-,11+/m0/s1. The number of ketones is 1. The Morgan fingerprint density at radius 2 is 1.76 bits per heavy atom. The van der Waals surface area contributed by atoms with Crippen molar-refractivity contribution in [3.8, 4) is 0 Å². The summed E-state index contributed by atoms with van der Waals surface area (Å²) in [4.78, 5) is 37.4. The number of Topliss-reactive ketones (excluding diaryl/α,β-unsaturated/α-hetero) is 1. The second kappa shape index (κ2) is 8.17. The number of hydrogen-bond acceptors (Lipinski definition) is 6. The number of carboxylic acid groups (broad SMARTS) is 2. The van der Waals surface area contributed by atoms with Crippen LogP contribution in [0.25, 0.3) is 0 Å². The molecule has 0 rings (SSSR count). The molecule has 0 heterocycles. The fourth-order valence-corrected chi connectivity index (χ4v) is 1.64. The van der Waals surface area contributed by atoms with Crippen LogP contribution in [0.5, 0.6) is 0 Å². The number of carbonyl (C=O) groups is 3. The Morgan fingerprint density at radius 3 is 2.19 bits per heavy atom. The maximum Gasteiger partial charge on any atom is 0.331 e. The van der Waals surface area contributed by atoms with Gasteiger partial charge in [-0.3, -0.25) is 14.6 Å². The van der Waals surface area contributed by atoms with Crippen LogP contribution in [0, 0.1) is 0 Å². The van der Waals surface area contributed by atoms with Gasteiger partial charge in [0.25, 0.3) is 0 Å². The van der Waals surface area contributed by atoms with E-state index in [9.17, 15) is 14.4 Å². The van der Waals surface area contributed by atoms with Crippen molar-refractivity contribution in [3.63, 3.8) is 0 Å². The monoisotopic (exact) mass is 303 g/mol. The zero-order valence-electron chi connectivity index (χ0n) is 11.5. The first kappa shape index (κ1) is 18.8. The zero-order valence-corrected chi connectivity index (χ0v) is 11.5. The van der Waals surface area contributed by atoms with Crippen molar-refractivity contribution in [2.45, 2.75) is 37.3 Å². The second-order valence-electron chi connectivity index (χ2n) is 4.59. The van der Waals surface area contributed by atoms with E-state index in [1.54, 1.807) is 0 Å². The van der Waals surface area contributed by atoms with E-state index in [0.717, 1.165) is 0 Å². The third kappa shape index (κ3) is 6.19. The minimum absolute atomic E-state index is 0.117. The Kier molecular flexibility index (Phi) is 7.31. The highest BCUT2D eigenvalue weighted by molar-refractivity contribution is 6.09. The van der Waals surface area contributed by atoms with Gasteiger partial charge in [-0.2, -0.15) is 0 Å². The molecule has 0 amide bonds. The van der Waals surface area contributed by atoms with Crippen LogP contribution in [0.15, 0.2) is 4.99 Å². The molecule has 0 spiro atoms. The quantitative estimate of drug-likeness (QED) is 0.110. The molecular weight excluding hydrogens is 282 g/mol. The molecule has 0 aliphatic carbocycles. The third-order valence-corrected chi connectivity index (χ3v) is 2.85. The molecule has 0 bridgehead atoms. The van der Waals surface area contributed by atoms with Gasteiger partial charge in [-0.25, -0.2) is 4.79 Å². The summed E-state index contributed by atoms with van der Waals surface area (Å²) in [5.41, 5.74) is 19.2. The van der Waals surface area contributed by atoms with Gasteiger partial charge in [-0.1, -0.05) is 0 Å². The normalized spacial score (nSPS) is 14.8. The molecule has 120 valence electrons. The van der Waals surface area contributed by atoms with Gasteiger partial charge in [0, 0.05) is 13.0 Å². The van der Waals surface area contributed by atoms with Crippen molar-refractivity contribution in [1.29, 1.82) is 0 Å². The Labute approximate surface area is 121 Å². The molecule has 0 aromatic rings. The van der Waals surface area contributed by atoms with Crippen molar-refractivity contribution in [3.05, 3.63) is 0 Å². The minimum Gasteiger partial charge on any atom is -0.481 e. The Bertz CT molecular complexity index is 435. The van der Waals surface area contributed by atoms with Crippen molar-refractivity contribution >= 4 is 23.7 Å². The molecule has 10 N–H and O–H groups in total. The molecule has 0 saturated carbocycles. The van der Waals surface area contributed by atoms with Gasteiger partial charge in [0.1, 0.15) is 0 Å². The van der Waals surface area contributed by atoms with Crippen molar-refractivity contribution in [2.75, 3.05) is 6.54 Å². The Morgan fingerprint density at radius 1 is 1.19 bits per heavy atom. The predicted octanol–water partition coefficient (Wildman–Crippen LogP) is -2.42. The molecule has 0 radical (unpaired) electrons. The zero-order chi connectivity index (χ0) is 16.6. The van der Waals surface area contributed by atoms with E-state index in [1.165, 1.54) is 0 Å². The van der Waals surface area contributed by atoms with Crippen LogP contribution in [-0.4, -0.2) is 52.0 Å². The minimum atomic E-state index is -2.18. The molecule has 10 heteroatoms. The molecule has 0 aromatic heterocycles. The predicted molar refractivity (Wildman–Crippen MR) is 74.3 cm³/mol. The van der Waals surface area contributed by atoms with Crippen molar-refractivity contribution < 1.29 is 24.6 Å². The van der Waals surface area contributed by atoms with E-state index in [4.69, 9.17) is 33.1 Å². The summed E-state index contributed by atoms with van der Waals surface area (Å²) in [5, 5.41) is 17.7. The number of guanidine groups is 1. The average molecular weight is 303 g/mol. The van der Waals surface area contributed by atoms with Crippen LogP contribution in [-0.2, 0) is 14.4 Å². The largest absolute Gasteiger partial charge is 0.481 e. The number of aliphatic carboxylic acids is 2. The van der Waals surface area contributed by atoms with Crippen LogP contribution >= 0.6 is 0 Å². The first-order valence-electron chi connectivity index (χ1n) is 6.20.